The third-order valence-electron chi connectivity index (χ3n) is 12.0. The average molecular weight is 527 g/mol. The summed E-state index contributed by atoms with van der Waals surface area (Å²) in [5.74, 6) is 2.59. The lowest BCUT2D eigenvalue weighted by Crippen LogP contribution is -2.59. The van der Waals surface area contributed by atoms with Crippen LogP contribution in [0.5, 0.6) is 0 Å². The maximum absolute atomic E-state index is 12.5. The Morgan fingerprint density at radius 1 is 1.11 bits per heavy atom. The molecule has 7 nitrogen and oxygen atoms in total. The molecule has 4 aliphatic carbocycles. The number of ether oxygens (including phenoxy) is 1. The summed E-state index contributed by atoms with van der Waals surface area (Å²) in [7, 11) is 0. The molecule has 2 heterocycles. The van der Waals surface area contributed by atoms with Crippen molar-refractivity contribution in [2.75, 3.05) is 26.2 Å². The number of carbonyl (C=O) groups is 1. The number of nitrogens with zero attached hydrogens (tertiary/aromatic N) is 1. The maximum Gasteiger partial charge on any atom is 0.407 e. The van der Waals surface area contributed by atoms with Crippen LogP contribution in [-0.2, 0) is 4.74 Å². The van der Waals surface area contributed by atoms with E-state index in [9.17, 15) is 14.7 Å². The second-order valence-corrected chi connectivity index (χ2v) is 13.6. The average Bonchev–Trinajstić information content (AvgIpc) is 3.53. The topological polar surface area (TPSA) is 92.0 Å². The monoisotopic (exact) mass is 526 g/mol. The highest BCUT2D eigenvalue weighted by Gasteiger charge is 2.62. The molecule has 6 rings (SSSR count). The van der Waals surface area contributed by atoms with Crippen molar-refractivity contribution in [3.05, 3.63) is 34.4 Å². The number of hydrogen-bond donors (Lipinski definition) is 2. The molecule has 1 amide bonds. The summed E-state index contributed by atoms with van der Waals surface area (Å²) in [6, 6.07) is 3.54. The second kappa shape index (κ2) is 10.3. The minimum atomic E-state index is -0.443. The van der Waals surface area contributed by atoms with Crippen LogP contribution in [0.15, 0.2) is 27.6 Å². The smallest absolute Gasteiger partial charge is 0.407 e. The third kappa shape index (κ3) is 4.51. The van der Waals surface area contributed by atoms with Crippen molar-refractivity contribution in [1.29, 1.82) is 0 Å². The van der Waals surface area contributed by atoms with Gasteiger partial charge in [-0.05, 0) is 123 Å². The van der Waals surface area contributed by atoms with E-state index in [0.29, 0.717) is 42.6 Å². The first-order valence-electron chi connectivity index (χ1n) is 15.2. The molecular formula is C31H46N2O5. The Hall–Kier alpha value is -1.86. The van der Waals surface area contributed by atoms with Gasteiger partial charge in [-0.3, -0.25) is 0 Å². The zero-order valence-electron chi connectivity index (χ0n) is 23.2. The van der Waals surface area contributed by atoms with Gasteiger partial charge in [-0.15, -0.1) is 0 Å². The van der Waals surface area contributed by atoms with Crippen LogP contribution in [0.1, 0.15) is 89.5 Å². The zero-order chi connectivity index (χ0) is 26.5. The van der Waals surface area contributed by atoms with Crippen LogP contribution < -0.4 is 10.9 Å². The van der Waals surface area contributed by atoms with Crippen molar-refractivity contribution in [3.8, 4) is 0 Å². The van der Waals surface area contributed by atoms with Crippen molar-refractivity contribution < 1.29 is 19.1 Å². The molecule has 0 aromatic carbocycles. The number of nitrogens with one attached hydrogen (secondary N) is 1. The standard InChI is InChI=1S/C31H46N2O5/c1-30-12-11-26-23(25(30)9-8-24(30)20-5-10-28(35)37-19-20)7-6-21-17-22(18-27(34)31(21,26)2)38-29(36)32-13-16-33-14-3-4-15-33/h5,10,19,21-27,34H,3-4,6-9,11-18H2,1-2H3,(H,32,36). The van der Waals surface area contributed by atoms with Crippen LogP contribution in [0, 0.1) is 34.5 Å². The molecule has 0 bridgehead atoms. The number of hydrogen-bond acceptors (Lipinski definition) is 6. The van der Waals surface area contributed by atoms with Gasteiger partial charge in [0.05, 0.1) is 12.4 Å². The molecule has 210 valence electrons. The van der Waals surface area contributed by atoms with Gasteiger partial charge >= 0.3 is 11.7 Å². The molecule has 1 aromatic rings. The Bertz CT molecular complexity index is 1050. The van der Waals surface area contributed by atoms with Crippen LogP contribution in [0.4, 0.5) is 4.79 Å². The highest BCUT2D eigenvalue weighted by atomic mass is 16.6. The van der Waals surface area contributed by atoms with Crippen LogP contribution in [0.2, 0.25) is 0 Å². The lowest BCUT2D eigenvalue weighted by molar-refractivity contribution is -0.179. The van der Waals surface area contributed by atoms with E-state index < -0.39 is 6.10 Å². The lowest BCUT2D eigenvalue weighted by atomic mass is 9.44. The van der Waals surface area contributed by atoms with E-state index in [1.54, 1.807) is 12.3 Å². The largest absolute Gasteiger partial charge is 0.446 e. The molecule has 1 saturated heterocycles. The van der Waals surface area contributed by atoms with Gasteiger partial charge in [0.2, 0.25) is 0 Å². The number of fused-ring (bicyclic) bond motifs is 5. The number of carbonyl (C=O) groups excluding carboxylic acids is 1. The van der Waals surface area contributed by atoms with Crippen LogP contribution >= 0.6 is 0 Å². The van der Waals surface area contributed by atoms with Crippen molar-refractivity contribution in [1.82, 2.24) is 10.2 Å². The fraction of sp³-hybridized carbons (Fsp3) is 0.806. The van der Waals surface area contributed by atoms with E-state index in [-0.39, 0.29) is 28.7 Å². The quantitative estimate of drug-likeness (QED) is 0.565. The van der Waals surface area contributed by atoms with E-state index in [4.69, 9.17) is 9.15 Å². The summed E-state index contributed by atoms with van der Waals surface area (Å²) < 4.78 is 11.1. The zero-order valence-corrected chi connectivity index (χ0v) is 23.2. The first-order chi connectivity index (χ1) is 18.3. The summed E-state index contributed by atoms with van der Waals surface area (Å²) in [5, 5.41) is 14.5. The Balaban J connectivity index is 1.09. The van der Waals surface area contributed by atoms with Gasteiger partial charge in [0.15, 0.2) is 0 Å². The maximum atomic E-state index is 12.5. The van der Waals surface area contributed by atoms with Crippen molar-refractivity contribution in [2.24, 2.45) is 34.5 Å². The molecule has 0 radical (unpaired) electrons. The third-order valence-corrected chi connectivity index (χ3v) is 12.0. The Morgan fingerprint density at radius 2 is 1.92 bits per heavy atom. The number of rotatable bonds is 5. The minimum absolute atomic E-state index is 0.117. The second-order valence-electron chi connectivity index (χ2n) is 13.6. The van der Waals surface area contributed by atoms with E-state index >= 15 is 0 Å². The molecule has 2 N–H and O–H groups in total. The summed E-state index contributed by atoms with van der Waals surface area (Å²) in [4.78, 5) is 26.5. The van der Waals surface area contributed by atoms with Gasteiger partial charge in [0.1, 0.15) is 6.10 Å². The number of alkyl carbamates (subject to hydrolysis) is 1. The van der Waals surface area contributed by atoms with Gasteiger partial charge in [-0.1, -0.05) is 13.8 Å². The van der Waals surface area contributed by atoms with Gasteiger partial charge in [0.25, 0.3) is 0 Å². The van der Waals surface area contributed by atoms with Crippen molar-refractivity contribution in [3.63, 3.8) is 0 Å². The first-order valence-corrected chi connectivity index (χ1v) is 15.2. The number of amides is 1. The molecule has 5 aliphatic rings. The van der Waals surface area contributed by atoms with Gasteiger partial charge < -0.3 is 24.5 Å². The first kappa shape index (κ1) is 26.4. The molecule has 5 fully saturated rings. The Labute approximate surface area is 226 Å². The van der Waals surface area contributed by atoms with E-state index in [1.807, 2.05) is 6.07 Å². The molecule has 4 saturated carbocycles. The molecule has 7 heteroatoms. The molecule has 9 unspecified atom stereocenters. The van der Waals surface area contributed by atoms with Gasteiger partial charge in [-0.2, -0.15) is 0 Å². The number of likely N-dealkylation sites (tertiary alicyclic amines) is 1. The summed E-state index contributed by atoms with van der Waals surface area (Å²) >= 11 is 0. The fourth-order valence-electron chi connectivity index (χ4n) is 10.0. The van der Waals surface area contributed by atoms with Gasteiger partial charge in [-0.25, -0.2) is 9.59 Å². The van der Waals surface area contributed by atoms with Gasteiger partial charge in [0, 0.05) is 25.6 Å². The molecule has 38 heavy (non-hydrogen) atoms. The molecule has 0 spiro atoms. The van der Waals surface area contributed by atoms with Crippen LogP contribution in [-0.4, -0.2) is 54.5 Å². The van der Waals surface area contributed by atoms with Crippen LogP contribution in [0.25, 0.3) is 0 Å². The van der Waals surface area contributed by atoms with Crippen molar-refractivity contribution >= 4 is 6.09 Å². The normalized spacial score (nSPS) is 42.7. The fourth-order valence-corrected chi connectivity index (χ4v) is 10.0. The highest BCUT2D eigenvalue weighted by molar-refractivity contribution is 5.67. The van der Waals surface area contributed by atoms with E-state index in [2.05, 4.69) is 24.1 Å². The molecule has 9 atom stereocenters. The van der Waals surface area contributed by atoms with E-state index in [1.165, 1.54) is 31.2 Å². The Kier molecular flexibility index (Phi) is 7.13. The predicted octanol–water partition coefficient (Wildman–Crippen LogP) is 4.93. The summed E-state index contributed by atoms with van der Waals surface area (Å²) in [6.45, 7) is 8.56. The minimum Gasteiger partial charge on any atom is -0.446 e. The lowest BCUT2D eigenvalue weighted by Gasteiger charge is -2.62. The summed E-state index contributed by atoms with van der Waals surface area (Å²) in [6.07, 6.45) is 11.6. The predicted molar refractivity (Wildman–Crippen MR) is 145 cm³/mol. The van der Waals surface area contributed by atoms with E-state index in [0.717, 1.165) is 51.7 Å². The highest BCUT2D eigenvalue weighted by Crippen LogP contribution is 2.69. The molecule has 1 aromatic heterocycles. The molecular weight excluding hydrogens is 480 g/mol. The van der Waals surface area contributed by atoms with Crippen LogP contribution in [0.3, 0.4) is 0 Å². The number of aliphatic hydroxyl groups excluding tert-OH is 1. The SMILES string of the molecule is CC12CCC3C(CCC4CC(OC(=O)NCCN5CCCC5)CC(O)C43C)C1CCC2c1ccc(=O)oc1. The Morgan fingerprint density at radius 3 is 2.68 bits per heavy atom. The molecule has 1 aliphatic heterocycles. The van der Waals surface area contributed by atoms with Crippen molar-refractivity contribution in [2.45, 2.75) is 96.2 Å². The number of aliphatic hydroxyl groups is 1. The summed E-state index contributed by atoms with van der Waals surface area (Å²) in [5.41, 5.74) is 0.984.